The van der Waals surface area contributed by atoms with Crippen LogP contribution in [-0.2, 0) is 0 Å². The van der Waals surface area contributed by atoms with E-state index in [0.717, 1.165) is 26.7 Å². The summed E-state index contributed by atoms with van der Waals surface area (Å²) in [6.45, 7) is 0.855. The number of amidine groups is 1. The van der Waals surface area contributed by atoms with Crippen LogP contribution in [0.3, 0.4) is 0 Å². The number of nitro groups is 1. The molecule has 0 radical (unpaired) electrons. The van der Waals surface area contributed by atoms with Gasteiger partial charge in [0, 0.05) is 27.9 Å². The number of non-ortho nitro benzene ring substituents is 1. The average molecular weight is 340 g/mol. The molecular weight excluding hydrogens is 330 g/mol. The van der Waals surface area contributed by atoms with Crippen LogP contribution in [0.1, 0.15) is 10.9 Å². The van der Waals surface area contributed by atoms with Gasteiger partial charge in [-0.25, -0.2) is 0 Å². The third kappa shape index (κ3) is 2.41. The number of rotatable bonds is 2. The summed E-state index contributed by atoms with van der Waals surface area (Å²) in [6.07, 6.45) is 2.04. The molecule has 1 aromatic carbocycles. The predicted octanol–water partition coefficient (Wildman–Crippen LogP) is 4.16. The molecule has 0 amide bonds. The minimum absolute atomic E-state index is 0. The summed E-state index contributed by atoms with van der Waals surface area (Å²) in [6, 6.07) is 7.17. The van der Waals surface area contributed by atoms with Crippen molar-refractivity contribution in [1.82, 2.24) is 4.90 Å². The SMILES string of the molecule is Cl.O=[N+]([O-])c1ccc2sc(C3CN4C=CSC4=N3)cc2c1. The number of hydrogen-bond acceptors (Lipinski definition) is 6. The lowest BCUT2D eigenvalue weighted by Gasteiger charge is -2.08. The molecule has 0 saturated carbocycles. The van der Waals surface area contributed by atoms with Gasteiger partial charge in [-0.15, -0.1) is 23.7 Å². The number of nitro benzene ring substituents is 1. The van der Waals surface area contributed by atoms with Crippen molar-refractivity contribution in [3.05, 3.63) is 50.9 Å². The monoisotopic (exact) mass is 339 g/mol. The molecule has 8 heteroatoms. The number of aliphatic imine (C=N–C) groups is 1. The Morgan fingerprint density at radius 1 is 1.38 bits per heavy atom. The van der Waals surface area contributed by atoms with Gasteiger partial charge in [-0.05, 0) is 22.9 Å². The van der Waals surface area contributed by atoms with Crippen molar-refractivity contribution in [2.45, 2.75) is 6.04 Å². The summed E-state index contributed by atoms with van der Waals surface area (Å²) >= 11 is 3.30. The lowest BCUT2D eigenvalue weighted by atomic mass is 10.2. The van der Waals surface area contributed by atoms with E-state index in [1.165, 1.54) is 0 Å². The fourth-order valence-corrected chi connectivity index (χ4v) is 4.25. The Labute approximate surface area is 134 Å². The van der Waals surface area contributed by atoms with Crippen LogP contribution in [0.5, 0.6) is 0 Å². The zero-order valence-electron chi connectivity index (χ0n) is 10.6. The van der Waals surface area contributed by atoms with Crippen molar-refractivity contribution >= 4 is 56.4 Å². The third-order valence-electron chi connectivity index (χ3n) is 3.35. The van der Waals surface area contributed by atoms with E-state index in [2.05, 4.69) is 4.90 Å². The predicted molar refractivity (Wildman–Crippen MR) is 89.3 cm³/mol. The number of benzene rings is 1. The van der Waals surface area contributed by atoms with Gasteiger partial charge >= 0.3 is 0 Å². The van der Waals surface area contributed by atoms with Crippen LogP contribution in [0.4, 0.5) is 5.69 Å². The van der Waals surface area contributed by atoms with E-state index in [9.17, 15) is 10.1 Å². The fraction of sp³-hybridized carbons (Fsp3) is 0.154. The highest BCUT2D eigenvalue weighted by Gasteiger charge is 2.28. The molecule has 0 saturated heterocycles. The van der Waals surface area contributed by atoms with Gasteiger partial charge in [-0.3, -0.25) is 15.1 Å². The zero-order chi connectivity index (χ0) is 13.7. The van der Waals surface area contributed by atoms with Crippen molar-refractivity contribution in [3.8, 4) is 0 Å². The van der Waals surface area contributed by atoms with E-state index in [1.807, 2.05) is 23.7 Å². The Balaban J connectivity index is 0.00000132. The molecule has 0 bridgehead atoms. The van der Waals surface area contributed by atoms with Crippen LogP contribution in [0.15, 0.2) is 40.9 Å². The van der Waals surface area contributed by atoms with Crippen molar-refractivity contribution in [1.29, 1.82) is 0 Å². The Hall–Kier alpha value is -1.57. The molecule has 0 N–H and O–H groups in total. The van der Waals surface area contributed by atoms with Crippen molar-refractivity contribution in [2.75, 3.05) is 6.54 Å². The second kappa shape index (κ2) is 5.32. The Morgan fingerprint density at radius 3 is 3.00 bits per heavy atom. The van der Waals surface area contributed by atoms with Crippen LogP contribution in [0.2, 0.25) is 0 Å². The molecule has 4 rings (SSSR count). The van der Waals surface area contributed by atoms with E-state index in [4.69, 9.17) is 4.99 Å². The molecule has 2 aliphatic heterocycles. The topological polar surface area (TPSA) is 58.7 Å². The van der Waals surface area contributed by atoms with Gasteiger partial charge in [0.1, 0.15) is 6.04 Å². The molecule has 2 aromatic rings. The van der Waals surface area contributed by atoms with Gasteiger partial charge in [0.15, 0.2) is 5.17 Å². The Morgan fingerprint density at radius 2 is 2.24 bits per heavy atom. The highest BCUT2D eigenvalue weighted by atomic mass is 35.5. The maximum atomic E-state index is 10.8. The van der Waals surface area contributed by atoms with Gasteiger partial charge in [0.2, 0.25) is 0 Å². The second-order valence-electron chi connectivity index (χ2n) is 4.61. The first kappa shape index (κ1) is 14.4. The zero-order valence-corrected chi connectivity index (χ0v) is 13.1. The summed E-state index contributed by atoms with van der Waals surface area (Å²) in [5.41, 5.74) is 0.138. The van der Waals surface area contributed by atoms with E-state index in [1.54, 1.807) is 35.2 Å². The normalized spacial score (nSPS) is 19.5. The Kier molecular flexibility index (Phi) is 3.64. The average Bonchev–Trinajstić information content (AvgIpc) is 3.10. The lowest BCUT2D eigenvalue weighted by Crippen LogP contribution is -2.15. The van der Waals surface area contributed by atoms with Crippen LogP contribution >= 0.6 is 35.5 Å². The third-order valence-corrected chi connectivity index (χ3v) is 5.38. The number of thioether (sulfide) groups is 1. The number of thiophene rings is 1. The van der Waals surface area contributed by atoms with Crippen molar-refractivity contribution in [2.24, 2.45) is 4.99 Å². The highest BCUT2D eigenvalue weighted by Crippen LogP contribution is 2.38. The standard InChI is InChI=1S/C13H9N3O2S2.ClH/c17-16(18)9-1-2-11-8(5-9)6-12(20-11)10-7-15-3-4-19-13(15)14-10;/h1-6,10H,7H2;1H. The molecule has 1 aromatic heterocycles. The van der Waals surface area contributed by atoms with Crippen molar-refractivity contribution < 1.29 is 4.92 Å². The Bertz CT molecular complexity index is 787. The quantitative estimate of drug-likeness (QED) is 0.609. The smallest absolute Gasteiger partial charge is 0.270 e. The second-order valence-corrected chi connectivity index (χ2v) is 6.60. The first-order valence-electron chi connectivity index (χ1n) is 6.06. The van der Waals surface area contributed by atoms with Gasteiger partial charge < -0.3 is 4.90 Å². The van der Waals surface area contributed by atoms with E-state index < -0.39 is 0 Å². The highest BCUT2D eigenvalue weighted by molar-refractivity contribution is 8.16. The molecule has 1 atom stereocenters. The molecule has 3 heterocycles. The summed E-state index contributed by atoms with van der Waals surface area (Å²) in [7, 11) is 0. The summed E-state index contributed by atoms with van der Waals surface area (Å²) in [5.74, 6) is 0. The van der Waals surface area contributed by atoms with Gasteiger partial charge in [0.25, 0.3) is 5.69 Å². The molecule has 21 heavy (non-hydrogen) atoms. The van der Waals surface area contributed by atoms with Crippen LogP contribution in [-0.4, -0.2) is 21.5 Å². The molecule has 0 aliphatic carbocycles. The summed E-state index contributed by atoms with van der Waals surface area (Å²) in [5, 5.41) is 14.8. The van der Waals surface area contributed by atoms with Crippen LogP contribution in [0.25, 0.3) is 10.1 Å². The maximum absolute atomic E-state index is 10.8. The van der Waals surface area contributed by atoms with E-state index >= 15 is 0 Å². The van der Waals surface area contributed by atoms with Gasteiger partial charge in [-0.2, -0.15) is 0 Å². The largest absolute Gasteiger partial charge is 0.325 e. The van der Waals surface area contributed by atoms with E-state index in [0.29, 0.717) is 0 Å². The summed E-state index contributed by atoms with van der Waals surface area (Å²) < 4.78 is 1.07. The lowest BCUT2D eigenvalue weighted by molar-refractivity contribution is -0.384. The molecule has 1 unspecified atom stereocenters. The van der Waals surface area contributed by atoms with Gasteiger partial charge in [0.05, 0.1) is 11.5 Å². The van der Waals surface area contributed by atoms with Gasteiger partial charge in [-0.1, -0.05) is 11.8 Å². The fourth-order valence-electron chi connectivity index (χ4n) is 2.38. The first-order valence-corrected chi connectivity index (χ1v) is 7.76. The number of fused-ring (bicyclic) bond motifs is 2. The molecule has 108 valence electrons. The molecule has 0 spiro atoms. The molecule has 5 nitrogen and oxygen atoms in total. The molecular formula is C13H10ClN3O2S2. The van der Waals surface area contributed by atoms with E-state index in [-0.39, 0.29) is 29.1 Å². The maximum Gasteiger partial charge on any atom is 0.270 e. The minimum Gasteiger partial charge on any atom is -0.325 e. The van der Waals surface area contributed by atoms with Crippen LogP contribution < -0.4 is 0 Å². The first-order chi connectivity index (χ1) is 9.70. The van der Waals surface area contributed by atoms with Crippen molar-refractivity contribution in [3.63, 3.8) is 0 Å². The number of halogens is 1. The number of nitrogens with zero attached hydrogens (tertiary/aromatic N) is 3. The van der Waals surface area contributed by atoms with Crippen LogP contribution in [0, 0.1) is 10.1 Å². The summed E-state index contributed by atoms with van der Waals surface area (Å²) in [4.78, 5) is 18.5. The minimum atomic E-state index is -0.357. The number of hydrogen-bond donors (Lipinski definition) is 0. The molecule has 0 fully saturated rings. The molecule has 2 aliphatic rings.